The second kappa shape index (κ2) is 13.6. The minimum atomic E-state index is -1.13. The lowest BCUT2D eigenvalue weighted by Gasteiger charge is -2.42. The molecule has 0 aromatic heterocycles. The average molecular weight is 606 g/mol. The normalized spacial score (nSPS) is 30.2. The van der Waals surface area contributed by atoms with Gasteiger partial charge in [0.25, 0.3) is 0 Å². The molecule has 5 rings (SSSR count). The molecule has 240 valence electrons. The van der Waals surface area contributed by atoms with Crippen LogP contribution in [0.25, 0.3) is 0 Å². The molecular formula is C36H51N3O5. The maximum atomic E-state index is 15.0. The van der Waals surface area contributed by atoms with E-state index < -0.39 is 35.1 Å². The lowest BCUT2D eigenvalue weighted by molar-refractivity contribution is -0.159. The summed E-state index contributed by atoms with van der Waals surface area (Å²) in [5.41, 5.74) is -0.968. The predicted molar refractivity (Wildman–Crippen MR) is 171 cm³/mol. The van der Waals surface area contributed by atoms with Gasteiger partial charge in [-0.25, -0.2) is 0 Å². The fraction of sp³-hybridized carbons (Fsp3) is 0.639. The fourth-order valence-electron chi connectivity index (χ4n) is 8.86. The van der Waals surface area contributed by atoms with Crippen LogP contribution in [0.15, 0.2) is 55.6 Å². The molecule has 1 aliphatic carbocycles. The number of aliphatic hydroxyl groups is 1. The lowest BCUT2D eigenvalue weighted by Crippen LogP contribution is -2.60. The Hall–Kier alpha value is -2.97. The van der Waals surface area contributed by atoms with Crippen LogP contribution in [0.1, 0.15) is 77.2 Å². The van der Waals surface area contributed by atoms with Gasteiger partial charge in [-0.1, -0.05) is 75.6 Å². The van der Waals surface area contributed by atoms with E-state index in [4.69, 9.17) is 4.74 Å². The van der Waals surface area contributed by atoms with E-state index in [0.717, 1.165) is 44.1 Å². The Morgan fingerprint density at radius 1 is 1.07 bits per heavy atom. The third-order valence-electron chi connectivity index (χ3n) is 10.8. The number of fused-ring (bicyclic) bond motifs is 1. The monoisotopic (exact) mass is 605 g/mol. The van der Waals surface area contributed by atoms with Crippen molar-refractivity contribution in [3.05, 3.63) is 61.2 Å². The van der Waals surface area contributed by atoms with Crippen LogP contribution < -0.4 is 0 Å². The smallest absolute Gasteiger partial charge is 0.248 e. The lowest BCUT2D eigenvalue weighted by atomic mass is 9.64. The highest BCUT2D eigenvalue weighted by molar-refractivity contribution is 5.99. The molecule has 1 spiro atoms. The molecule has 0 radical (unpaired) electrons. The van der Waals surface area contributed by atoms with Gasteiger partial charge in [-0.05, 0) is 50.5 Å². The second-order valence-electron chi connectivity index (χ2n) is 13.2. The van der Waals surface area contributed by atoms with Crippen molar-refractivity contribution in [3.63, 3.8) is 0 Å². The molecule has 1 saturated carbocycles. The molecular weight excluding hydrogens is 554 g/mol. The summed E-state index contributed by atoms with van der Waals surface area (Å²) >= 11 is 0. The zero-order valence-electron chi connectivity index (χ0n) is 26.7. The largest absolute Gasteiger partial charge is 0.394 e. The molecule has 1 N–H and O–H groups in total. The first kappa shape index (κ1) is 32.4. The van der Waals surface area contributed by atoms with Gasteiger partial charge in [0.1, 0.15) is 11.6 Å². The number of hydrogen-bond acceptors (Lipinski definition) is 5. The molecule has 2 unspecified atom stereocenters. The van der Waals surface area contributed by atoms with E-state index in [0.29, 0.717) is 45.3 Å². The summed E-state index contributed by atoms with van der Waals surface area (Å²) in [6.07, 6.45) is 11.5. The Morgan fingerprint density at radius 3 is 2.39 bits per heavy atom. The summed E-state index contributed by atoms with van der Waals surface area (Å²) in [5, 5.41) is 10.8. The summed E-state index contributed by atoms with van der Waals surface area (Å²) in [5.74, 6) is -1.97. The first-order valence-electron chi connectivity index (χ1n) is 16.8. The number of amides is 3. The first-order valence-corrected chi connectivity index (χ1v) is 16.8. The van der Waals surface area contributed by atoms with Crippen LogP contribution in [0.3, 0.4) is 0 Å². The topological polar surface area (TPSA) is 90.4 Å². The zero-order chi connectivity index (χ0) is 31.5. The first-order chi connectivity index (χ1) is 21.3. The molecule has 8 heteroatoms. The maximum absolute atomic E-state index is 15.0. The van der Waals surface area contributed by atoms with Crippen LogP contribution >= 0.6 is 0 Å². The second-order valence-corrected chi connectivity index (χ2v) is 13.2. The van der Waals surface area contributed by atoms with Crippen LogP contribution in [-0.2, 0) is 25.5 Å². The van der Waals surface area contributed by atoms with E-state index in [-0.39, 0.29) is 30.4 Å². The van der Waals surface area contributed by atoms with E-state index in [2.05, 4.69) is 13.2 Å². The number of carbonyl (C=O) groups excluding carboxylic acids is 3. The minimum Gasteiger partial charge on any atom is -0.394 e. The van der Waals surface area contributed by atoms with Crippen LogP contribution in [0.5, 0.6) is 0 Å². The number of hydrogen-bond donors (Lipinski definition) is 1. The van der Waals surface area contributed by atoms with Gasteiger partial charge in [-0.3, -0.25) is 14.4 Å². The van der Waals surface area contributed by atoms with Crippen molar-refractivity contribution in [1.82, 2.24) is 14.7 Å². The van der Waals surface area contributed by atoms with Gasteiger partial charge in [-0.15, -0.1) is 13.2 Å². The van der Waals surface area contributed by atoms with E-state index in [1.165, 1.54) is 0 Å². The molecule has 4 fully saturated rings. The highest BCUT2D eigenvalue weighted by Gasteiger charge is 2.79. The van der Waals surface area contributed by atoms with E-state index in [1.54, 1.807) is 22.0 Å². The summed E-state index contributed by atoms with van der Waals surface area (Å²) < 4.78 is 7.07. The number of likely N-dealkylation sites (tertiary alicyclic amines) is 1. The van der Waals surface area contributed by atoms with Crippen LogP contribution in [0, 0.1) is 11.8 Å². The minimum absolute atomic E-state index is 0.0622. The Morgan fingerprint density at radius 2 is 1.77 bits per heavy atom. The Balaban J connectivity index is 1.62. The molecule has 3 amide bonds. The van der Waals surface area contributed by atoms with Gasteiger partial charge in [0.2, 0.25) is 17.7 Å². The number of ether oxygens (including phenoxy) is 1. The van der Waals surface area contributed by atoms with Crippen LogP contribution in [0.2, 0.25) is 0 Å². The fourth-order valence-corrected chi connectivity index (χ4v) is 8.86. The predicted octanol–water partition coefficient (Wildman–Crippen LogP) is 4.52. The van der Waals surface area contributed by atoms with Crippen LogP contribution in [0.4, 0.5) is 0 Å². The Kier molecular flexibility index (Phi) is 10.0. The summed E-state index contributed by atoms with van der Waals surface area (Å²) in [4.78, 5) is 49.7. The molecule has 6 atom stereocenters. The quantitative estimate of drug-likeness (QED) is 0.315. The van der Waals surface area contributed by atoms with Gasteiger partial charge in [-0.2, -0.15) is 0 Å². The summed E-state index contributed by atoms with van der Waals surface area (Å²) in [7, 11) is 0. The Bertz CT molecular complexity index is 1220. The van der Waals surface area contributed by atoms with Gasteiger partial charge in [0.05, 0.1) is 30.1 Å². The van der Waals surface area contributed by atoms with E-state index in [9.17, 15) is 14.7 Å². The molecule has 8 nitrogen and oxygen atoms in total. The van der Waals surface area contributed by atoms with Crippen molar-refractivity contribution in [2.75, 3.05) is 26.2 Å². The zero-order valence-corrected chi connectivity index (χ0v) is 26.7. The maximum Gasteiger partial charge on any atom is 0.248 e. The van der Waals surface area contributed by atoms with Gasteiger partial charge >= 0.3 is 0 Å². The standard InChI is InChI=1S/C36H51N3O5/c1-5-21-37(22-6-2)32(41)29-30-33(42)39(28(25-40)24-26-15-11-9-12-16-26)31(36(30)20-19-35(29,8-4)44-36)34(43)38(23-7-3)27-17-13-10-14-18-27/h5,7,9,11-12,15-16,27-31,40H,1,3,6,8,10,13-14,17-25H2,2,4H3/t28-,29-,30+,31?,35+,36?/m1/s1. The third-order valence-corrected chi connectivity index (χ3v) is 10.8. The van der Waals surface area contributed by atoms with Crippen molar-refractivity contribution >= 4 is 17.7 Å². The molecule has 3 aliphatic heterocycles. The van der Waals surface area contributed by atoms with Gasteiger partial charge < -0.3 is 24.5 Å². The highest BCUT2D eigenvalue weighted by atomic mass is 16.5. The molecule has 3 saturated heterocycles. The van der Waals surface area contributed by atoms with E-state index in [1.807, 2.05) is 49.1 Å². The van der Waals surface area contributed by atoms with Crippen molar-refractivity contribution in [1.29, 1.82) is 0 Å². The number of benzene rings is 1. The molecule has 1 aromatic rings. The molecule has 3 heterocycles. The van der Waals surface area contributed by atoms with Gasteiger partial charge in [0, 0.05) is 25.7 Å². The van der Waals surface area contributed by atoms with Crippen molar-refractivity contribution < 1.29 is 24.2 Å². The van der Waals surface area contributed by atoms with Crippen LogP contribution in [-0.4, -0.2) is 93.1 Å². The van der Waals surface area contributed by atoms with Crippen molar-refractivity contribution in [3.8, 4) is 0 Å². The van der Waals surface area contributed by atoms with E-state index >= 15 is 4.79 Å². The average Bonchev–Trinajstić information content (AvgIpc) is 3.66. The number of rotatable bonds is 14. The molecule has 44 heavy (non-hydrogen) atoms. The Labute approximate surface area is 263 Å². The molecule has 2 bridgehead atoms. The number of nitrogens with zero attached hydrogens (tertiary/aromatic N) is 3. The highest BCUT2D eigenvalue weighted by Crippen LogP contribution is 2.65. The molecule has 4 aliphatic rings. The third kappa shape index (κ3) is 5.42. The molecule has 1 aromatic carbocycles. The SMILES string of the molecule is C=CCN(CCC)C(=O)[C@H]1[C@H]2C(=O)N([C@@H](CO)Cc3ccccc3)C(C(=O)N(CC=C)C3CCCCC3)C23CC[C@]1(CC)O3. The number of aliphatic hydroxyl groups excluding tert-OH is 1. The summed E-state index contributed by atoms with van der Waals surface area (Å²) in [6.45, 7) is 12.9. The van der Waals surface area contributed by atoms with Crippen molar-refractivity contribution in [2.24, 2.45) is 11.8 Å². The van der Waals surface area contributed by atoms with Gasteiger partial charge in [0.15, 0.2) is 0 Å². The summed E-state index contributed by atoms with van der Waals surface area (Å²) in [6, 6.07) is 8.27. The number of carbonyl (C=O) groups is 3. The van der Waals surface area contributed by atoms with Crippen molar-refractivity contribution in [2.45, 2.75) is 107 Å².